The topological polar surface area (TPSA) is 256 Å². The predicted molar refractivity (Wildman–Crippen MR) is 101 cm³/mol. The van der Waals surface area contributed by atoms with Crippen LogP contribution in [0, 0.1) is 0 Å². The van der Waals surface area contributed by atoms with Gasteiger partial charge in [0.2, 0.25) is 0 Å². The van der Waals surface area contributed by atoms with Crippen LogP contribution in [0.5, 0.6) is 0 Å². The van der Waals surface area contributed by atoms with Crippen molar-refractivity contribution in [3.8, 4) is 0 Å². The van der Waals surface area contributed by atoms with E-state index in [1.165, 1.54) is 0 Å². The van der Waals surface area contributed by atoms with E-state index in [4.69, 9.17) is 0 Å². The van der Waals surface area contributed by atoms with Gasteiger partial charge in [-0.3, -0.25) is 0 Å². The molecule has 0 saturated carbocycles. The summed E-state index contributed by atoms with van der Waals surface area (Å²) in [5.41, 5.74) is 0. The molecule has 0 radical (unpaired) electrons. The number of carbonyl (C=O) groups is 15. The normalized spacial score (nSPS) is 33.9. The third-order valence-corrected chi connectivity index (χ3v) is 59.8. The van der Waals surface area contributed by atoms with E-state index in [-0.39, 0.29) is 0 Å². The Morgan fingerprint density at radius 1 is 0.194 bits per heavy atom. The van der Waals surface area contributed by atoms with Crippen LogP contribution in [-0.2, 0) is 73.8 Å². The van der Waals surface area contributed by atoms with Gasteiger partial charge in [0.25, 0.3) is 0 Å². The molecule has 0 unspecified atom stereocenters. The molecule has 0 heterocycles. The minimum atomic E-state index is -18.2. The molecule has 16 heteroatoms. The average molecular weight is 536 g/mol. The maximum absolute atomic E-state index is 18.2. The second-order valence-corrected chi connectivity index (χ2v) is 80.6. The van der Waals surface area contributed by atoms with Crippen LogP contribution in [0.25, 0.3) is 0 Å². The Hall–Kier alpha value is -4.33. The molecule has 0 aliphatic heterocycles. The van der Waals surface area contributed by atoms with Crippen molar-refractivity contribution in [1.29, 1.82) is 0 Å². The molecule has 0 fully saturated rings. The number of hydrogen-bond donors (Lipinski definition) is 0. The zero-order valence-corrected chi connectivity index (χ0v) is 16.9. The fourth-order valence-electron chi connectivity index (χ4n) is 2.06. The molecule has 0 aliphatic carbocycles. The Morgan fingerprint density at radius 2 is 0.258 bits per heavy atom. The minimum absolute atomic E-state index is 3.16. The Bertz CT molecular complexity index is 1290. The molecule has 31 heavy (non-hydrogen) atoms. The van der Waals surface area contributed by atoms with Crippen molar-refractivity contribution in [2.24, 2.45) is 0 Å². The third-order valence-electron chi connectivity index (χ3n) is 10.1. The molecule has 0 rings (SSSR count). The van der Waals surface area contributed by atoms with Crippen molar-refractivity contribution < 1.29 is 73.8 Å². The van der Waals surface area contributed by atoms with Crippen molar-refractivity contribution in [1.82, 2.24) is 0 Å². The van der Waals surface area contributed by atoms with Crippen LogP contribution in [0.3, 0.4) is 0 Å². The predicted octanol–water partition coefficient (Wildman–Crippen LogP) is -4.11. The Balaban J connectivity index is 15.5. The zero-order chi connectivity index (χ0) is 25.9. The van der Waals surface area contributed by atoms with Crippen molar-refractivity contribution >= 4 is 73.2 Å². The van der Waals surface area contributed by atoms with Crippen molar-refractivity contribution in [3.05, 3.63) is 0 Å². The quantitative estimate of drug-likeness (QED) is 0.142. The van der Waals surface area contributed by atoms with Crippen molar-refractivity contribution in [3.63, 3.8) is 0 Å². The van der Waals surface area contributed by atoms with E-state index < -0.39 is 75.1 Å². The zero-order valence-electron chi connectivity index (χ0n) is 15.1. The van der Waals surface area contributed by atoms with E-state index in [1.807, 2.05) is 0 Å². The van der Waals surface area contributed by atoms with E-state index >= 15 is 0 Å². The fraction of sp³-hybridized carbons (Fsp3) is 0. The van der Waals surface area contributed by atoms with Gasteiger partial charge in [-0.05, 0) is 0 Å². The van der Waals surface area contributed by atoms with Crippen LogP contribution in [0.1, 0.15) is 0 Å². The Labute approximate surface area is 147 Å². The van der Waals surface area contributed by atoms with Gasteiger partial charge in [0.15, 0.2) is 0 Å². The molecule has 0 atom stereocenters. The SMILES string of the molecule is O=[CH][Ru]([CH]=O)([CH]=O)([CH]=O)([CH]=O)([CH]=O)([CH]=O)([CH]=O)([CH]=O)([CH]=O)([CH]=O)([CH]=O)([CH]=O)([CH]=O)[CH]=O. The summed E-state index contributed by atoms with van der Waals surface area (Å²) in [5.74, 6) is 0. The van der Waals surface area contributed by atoms with E-state index in [9.17, 15) is 71.9 Å². The number of rotatable bonds is 15. The summed E-state index contributed by atoms with van der Waals surface area (Å²) in [6, 6.07) is 0. The van der Waals surface area contributed by atoms with Crippen LogP contribution in [0.2, 0.25) is 0 Å². The van der Waals surface area contributed by atoms with Gasteiger partial charge < -0.3 is 0 Å². The Morgan fingerprint density at radius 3 is 0.258 bits per heavy atom. The van der Waals surface area contributed by atoms with Crippen LogP contribution in [0.15, 0.2) is 0 Å². The summed E-state index contributed by atoms with van der Waals surface area (Å²) in [6.45, 7) is 0. The molecule has 0 spiro atoms. The number of hydrogen-bond acceptors (Lipinski definition) is 15. The number of carbonyl (C=O) groups excluding carboxylic acids is 15. The summed E-state index contributed by atoms with van der Waals surface area (Å²) < 4.78 is -18.2. The van der Waals surface area contributed by atoms with Gasteiger partial charge in [0.1, 0.15) is 0 Å². The summed E-state index contributed by atoms with van der Waals surface area (Å²) in [6.07, 6.45) is 0. The van der Waals surface area contributed by atoms with Crippen LogP contribution in [0.4, 0.5) is 0 Å². The van der Waals surface area contributed by atoms with Gasteiger partial charge in [-0.15, -0.1) is 0 Å². The monoisotopic (exact) mass is 537 g/mol. The first kappa shape index (κ1) is 26.7. The van der Waals surface area contributed by atoms with Gasteiger partial charge in [0, 0.05) is 0 Å². The average Bonchev–Trinajstić information content (AvgIpc) is 2.96. The molecule has 0 bridgehead atoms. The molecule has 0 aromatic heterocycles. The first-order chi connectivity index (χ1) is 13.3. The van der Waals surface area contributed by atoms with E-state index in [0.717, 1.165) is 0 Å². The second kappa shape index (κ2) is 1.17. The standard InChI is InChI=1S/15CHO.Ru/c15*1-2;/h15*1H;. The van der Waals surface area contributed by atoms with Gasteiger partial charge in [-0.1, -0.05) is 0 Å². The maximum atomic E-state index is 13.4. The molecular weight excluding hydrogens is 521 g/mol. The first-order valence-corrected chi connectivity index (χ1v) is 21.6. The molecule has 173 valence electrons. The molecule has 0 aliphatic rings. The van der Waals surface area contributed by atoms with Crippen LogP contribution < -0.4 is 0 Å². The van der Waals surface area contributed by atoms with Crippen LogP contribution >= 0.6 is 0 Å². The molecule has 15 nitrogen and oxygen atoms in total. The van der Waals surface area contributed by atoms with Crippen LogP contribution in [-0.4, -0.2) is 73.2 Å². The van der Waals surface area contributed by atoms with Gasteiger partial charge in [-0.2, -0.15) is 0 Å². The Kier molecular flexibility index (Phi) is 1.01. The van der Waals surface area contributed by atoms with Gasteiger partial charge in [0.05, 0.1) is 0 Å². The van der Waals surface area contributed by atoms with E-state index in [2.05, 4.69) is 0 Å². The van der Waals surface area contributed by atoms with Crippen molar-refractivity contribution in [2.75, 3.05) is 0 Å². The molecule has 0 aromatic rings. The molecule has 0 aromatic carbocycles. The van der Waals surface area contributed by atoms with Gasteiger partial charge >= 0.3 is 147 Å². The van der Waals surface area contributed by atoms with E-state index in [1.54, 1.807) is 0 Å². The van der Waals surface area contributed by atoms with Gasteiger partial charge in [-0.25, -0.2) is 0 Å². The first-order valence-electron chi connectivity index (χ1n) is 6.60. The summed E-state index contributed by atoms with van der Waals surface area (Å²) in [4.78, 5) is 153. The molecule has 0 amide bonds. The molecular formula is C15H15O15Ru. The third kappa shape index (κ3) is 0.340. The summed E-state index contributed by atoms with van der Waals surface area (Å²) >= 11 is 0. The second-order valence-electron chi connectivity index (χ2n) is 13.6. The fourth-order valence-corrected chi connectivity index (χ4v) is 12.2. The molecule has 0 N–H and O–H groups in total. The van der Waals surface area contributed by atoms with E-state index in [0.29, 0.717) is 0 Å². The summed E-state index contributed by atoms with van der Waals surface area (Å²) in [5, 5.41) is 0. The summed E-state index contributed by atoms with van der Waals surface area (Å²) in [7, 11) is 0. The van der Waals surface area contributed by atoms with Crippen molar-refractivity contribution in [2.45, 2.75) is 0 Å². The molecule has 0 saturated heterocycles.